The average molecular weight is 290 g/mol. The Morgan fingerprint density at radius 2 is 1.55 bits per heavy atom. The molecule has 4 rings (SSSR count). The third kappa shape index (κ3) is 1.71. The van der Waals surface area contributed by atoms with Crippen molar-refractivity contribution < 1.29 is 19.4 Å². The van der Waals surface area contributed by atoms with Crippen LogP contribution in [0.4, 0.5) is 0 Å². The average Bonchev–Trinajstić information content (AvgIpc) is 2.53. The number of phenols is 1. The van der Waals surface area contributed by atoms with Gasteiger partial charge in [-0.15, -0.1) is 0 Å². The third-order valence-corrected chi connectivity index (χ3v) is 3.83. The second kappa shape index (κ2) is 4.43. The fraction of sp³-hybridized carbons (Fsp3) is 0. The molecule has 1 aliphatic heterocycles. The number of esters is 2. The molecule has 1 aliphatic rings. The molecule has 0 saturated carbocycles. The lowest BCUT2D eigenvalue weighted by Crippen LogP contribution is -2.20. The predicted octanol–water partition coefficient (Wildman–Crippen LogP) is 3.52. The fourth-order valence-corrected chi connectivity index (χ4v) is 2.83. The largest absolute Gasteiger partial charge is 0.508 e. The van der Waals surface area contributed by atoms with Gasteiger partial charge in [-0.25, -0.2) is 9.59 Å². The number of cyclic esters (lactones) is 2. The molecule has 0 spiro atoms. The first-order valence-electron chi connectivity index (χ1n) is 6.77. The molecule has 3 aromatic carbocycles. The minimum atomic E-state index is -0.641. The van der Waals surface area contributed by atoms with Crippen LogP contribution in [0.3, 0.4) is 0 Å². The van der Waals surface area contributed by atoms with E-state index in [2.05, 4.69) is 0 Å². The monoisotopic (exact) mass is 290 g/mol. The predicted molar refractivity (Wildman–Crippen MR) is 80.8 cm³/mol. The SMILES string of the molecule is O=C1OC(=O)c2c(-c3ccc(O)cc3)ccc3cccc1c23. The highest BCUT2D eigenvalue weighted by Gasteiger charge is 2.29. The normalized spacial score (nSPS) is 13.3. The Kier molecular flexibility index (Phi) is 2.53. The van der Waals surface area contributed by atoms with Gasteiger partial charge in [0.05, 0.1) is 11.1 Å². The van der Waals surface area contributed by atoms with Crippen LogP contribution in [-0.4, -0.2) is 17.0 Å². The highest BCUT2D eigenvalue weighted by atomic mass is 16.6. The van der Waals surface area contributed by atoms with Gasteiger partial charge in [0.15, 0.2) is 0 Å². The molecule has 4 heteroatoms. The van der Waals surface area contributed by atoms with Crippen molar-refractivity contribution in [1.82, 2.24) is 0 Å². The van der Waals surface area contributed by atoms with E-state index in [9.17, 15) is 14.7 Å². The van der Waals surface area contributed by atoms with Gasteiger partial charge in [0.2, 0.25) is 0 Å². The Balaban J connectivity index is 2.10. The number of aromatic hydroxyl groups is 1. The molecule has 3 aromatic rings. The van der Waals surface area contributed by atoms with Crippen molar-refractivity contribution in [3.05, 3.63) is 65.7 Å². The molecule has 0 amide bonds. The standard InChI is InChI=1S/C18H10O4/c19-12-7-4-10(5-8-12)13-9-6-11-2-1-3-14-15(11)16(13)18(21)22-17(14)20/h1-9,19H. The van der Waals surface area contributed by atoms with Crippen molar-refractivity contribution in [3.63, 3.8) is 0 Å². The number of carbonyl (C=O) groups is 2. The van der Waals surface area contributed by atoms with Crippen LogP contribution in [0.1, 0.15) is 20.7 Å². The van der Waals surface area contributed by atoms with Crippen molar-refractivity contribution in [1.29, 1.82) is 0 Å². The molecule has 0 fully saturated rings. The summed E-state index contributed by atoms with van der Waals surface area (Å²) in [7, 11) is 0. The van der Waals surface area contributed by atoms with E-state index in [0.717, 1.165) is 10.9 Å². The number of carbonyl (C=O) groups excluding carboxylic acids is 2. The second-order valence-corrected chi connectivity index (χ2v) is 5.12. The topological polar surface area (TPSA) is 63.6 Å². The minimum absolute atomic E-state index is 0.150. The summed E-state index contributed by atoms with van der Waals surface area (Å²) in [5.41, 5.74) is 2.24. The molecule has 22 heavy (non-hydrogen) atoms. The van der Waals surface area contributed by atoms with Gasteiger partial charge in [-0.1, -0.05) is 36.4 Å². The zero-order chi connectivity index (χ0) is 15.3. The maximum absolute atomic E-state index is 12.3. The van der Waals surface area contributed by atoms with E-state index in [1.807, 2.05) is 18.2 Å². The summed E-state index contributed by atoms with van der Waals surface area (Å²) in [6.45, 7) is 0. The first-order chi connectivity index (χ1) is 10.6. The van der Waals surface area contributed by atoms with Crippen LogP contribution in [0.5, 0.6) is 5.75 Å². The minimum Gasteiger partial charge on any atom is -0.508 e. The summed E-state index contributed by atoms with van der Waals surface area (Å²) in [6, 6.07) is 15.5. The van der Waals surface area contributed by atoms with Gasteiger partial charge in [0.1, 0.15) is 5.75 Å². The number of hydrogen-bond donors (Lipinski definition) is 1. The lowest BCUT2D eigenvalue weighted by molar-refractivity contribution is 0.0392. The van der Waals surface area contributed by atoms with Crippen LogP contribution < -0.4 is 0 Å². The highest BCUT2D eigenvalue weighted by Crippen LogP contribution is 2.36. The van der Waals surface area contributed by atoms with E-state index in [1.54, 1.807) is 36.4 Å². The zero-order valence-corrected chi connectivity index (χ0v) is 11.4. The maximum atomic E-state index is 12.3. The van der Waals surface area contributed by atoms with E-state index in [4.69, 9.17) is 4.74 Å². The van der Waals surface area contributed by atoms with E-state index < -0.39 is 11.9 Å². The number of hydrogen-bond acceptors (Lipinski definition) is 4. The van der Waals surface area contributed by atoms with Crippen molar-refractivity contribution in [2.24, 2.45) is 0 Å². The van der Waals surface area contributed by atoms with E-state index >= 15 is 0 Å². The maximum Gasteiger partial charge on any atom is 0.347 e. The molecule has 106 valence electrons. The summed E-state index contributed by atoms with van der Waals surface area (Å²) in [5, 5.41) is 10.8. The van der Waals surface area contributed by atoms with Gasteiger partial charge in [-0.3, -0.25) is 0 Å². The summed E-state index contributed by atoms with van der Waals surface area (Å²) in [6.07, 6.45) is 0. The van der Waals surface area contributed by atoms with Crippen LogP contribution in [0.2, 0.25) is 0 Å². The van der Waals surface area contributed by atoms with Crippen LogP contribution in [-0.2, 0) is 4.74 Å². The Morgan fingerprint density at radius 1 is 0.773 bits per heavy atom. The first kappa shape index (κ1) is 12.6. The number of benzene rings is 3. The molecule has 0 aliphatic carbocycles. The Bertz CT molecular complexity index is 939. The molecule has 0 unspecified atom stereocenters. The summed E-state index contributed by atoms with van der Waals surface area (Å²) >= 11 is 0. The van der Waals surface area contributed by atoms with Gasteiger partial charge in [-0.05, 0) is 34.7 Å². The first-order valence-corrected chi connectivity index (χ1v) is 6.77. The van der Waals surface area contributed by atoms with Crippen molar-refractivity contribution in [2.45, 2.75) is 0 Å². The molecule has 0 atom stereocenters. The number of rotatable bonds is 1. The number of phenolic OH excluding ortho intramolecular Hbond substituents is 1. The Labute approximate surface area is 125 Å². The molecule has 0 saturated heterocycles. The molecule has 4 nitrogen and oxygen atoms in total. The van der Waals surface area contributed by atoms with Gasteiger partial charge in [0.25, 0.3) is 0 Å². The van der Waals surface area contributed by atoms with Gasteiger partial charge in [-0.2, -0.15) is 0 Å². The molecule has 0 bridgehead atoms. The molecule has 0 aromatic heterocycles. The van der Waals surface area contributed by atoms with Gasteiger partial charge in [0, 0.05) is 5.39 Å². The Morgan fingerprint density at radius 3 is 2.32 bits per heavy atom. The van der Waals surface area contributed by atoms with Crippen LogP contribution >= 0.6 is 0 Å². The van der Waals surface area contributed by atoms with E-state index in [1.165, 1.54) is 0 Å². The quantitative estimate of drug-likeness (QED) is 0.550. The fourth-order valence-electron chi connectivity index (χ4n) is 2.83. The molecular weight excluding hydrogens is 280 g/mol. The van der Waals surface area contributed by atoms with Crippen LogP contribution in [0.25, 0.3) is 21.9 Å². The molecular formula is C18H10O4. The van der Waals surface area contributed by atoms with Crippen molar-refractivity contribution in [2.75, 3.05) is 0 Å². The number of ether oxygens (including phenoxy) is 1. The lowest BCUT2D eigenvalue weighted by Gasteiger charge is -2.18. The summed E-state index contributed by atoms with van der Waals surface area (Å²) < 4.78 is 4.86. The lowest BCUT2D eigenvalue weighted by atomic mass is 9.90. The highest BCUT2D eigenvalue weighted by molar-refractivity contribution is 6.23. The molecule has 1 N–H and O–H groups in total. The van der Waals surface area contributed by atoms with Crippen LogP contribution in [0, 0.1) is 0 Å². The van der Waals surface area contributed by atoms with Crippen molar-refractivity contribution in [3.8, 4) is 16.9 Å². The van der Waals surface area contributed by atoms with Gasteiger partial charge >= 0.3 is 11.9 Å². The Hall–Kier alpha value is -3.14. The van der Waals surface area contributed by atoms with Gasteiger partial charge < -0.3 is 9.84 Å². The van der Waals surface area contributed by atoms with E-state index in [0.29, 0.717) is 22.1 Å². The third-order valence-electron chi connectivity index (χ3n) is 3.83. The summed E-state index contributed by atoms with van der Waals surface area (Å²) in [4.78, 5) is 24.1. The van der Waals surface area contributed by atoms with E-state index in [-0.39, 0.29) is 5.75 Å². The molecule has 0 radical (unpaired) electrons. The smallest absolute Gasteiger partial charge is 0.347 e. The summed E-state index contributed by atoms with van der Waals surface area (Å²) in [5.74, 6) is -1.11. The second-order valence-electron chi connectivity index (χ2n) is 5.12. The molecule has 1 heterocycles. The van der Waals surface area contributed by atoms with Crippen molar-refractivity contribution >= 4 is 22.7 Å². The zero-order valence-electron chi connectivity index (χ0n) is 11.4. The van der Waals surface area contributed by atoms with Crippen LogP contribution in [0.15, 0.2) is 54.6 Å².